The van der Waals surface area contributed by atoms with Crippen molar-refractivity contribution in [3.05, 3.63) is 29.8 Å². The maximum Gasteiger partial charge on any atom is 0.310 e. The minimum absolute atomic E-state index is 0.0497. The van der Waals surface area contributed by atoms with Crippen molar-refractivity contribution in [2.24, 2.45) is 5.41 Å². The van der Waals surface area contributed by atoms with E-state index in [0.717, 1.165) is 5.56 Å². The number of nitrogens with one attached hydrogen (secondary N) is 1. The smallest absolute Gasteiger partial charge is 0.310 e. The van der Waals surface area contributed by atoms with Crippen molar-refractivity contribution in [1.82, 2.24) is 5.32 Å². The maximum absolute atomic E-state index is 11.8. The summed E-state index contributed by atoms with van der Waals surface area (Å²) in [5.74, 6) is -1.15. The van der Waals surface area contributed by atoms with Gasteiger partial charge in [-0.2, -0.15) is 0 Å². The number of benzene rings is 1. The van der Waals surface area contributed by atoms with Crippen LogP contribution in [0, 0.1) is 5.41 Å². The fraction of sp³-hybridized carbons (Fsp3) is 0.500. The second-order valence-electron chi connectivity index (χ2n) is 6.01. The predicted molar refractivity (Wildman–Crippen MR) is 86.9 cm³/mol. The summed E-state index contributed by atoms with van der Waals surface area (Å²) in [6.07, 6.45) is 0.682. The molecule has 6 nitrogen and oxygen atoms in total. The van der Waals surface area contributed by atoms with E-state index in [4.69, 9.17) is 5.11 Å². The van der Waals surface area contributed by atoms with Crippen molar-refractivity contribution < 1.29 is 23.1 Å². The summed E-state index contributed by atoms with van der Waals surface area (Å²) < 4.78 is 23.4. The number of carbonyl (C=O) groups excluding carboxylic acids is 1. The third-order valence-corrected chi connectivity index (χ3v) is 5.36. The van der Waals surface area contributed by atoms with E-state index in [9.17, 15) is 18.0 Å². The van der Waals surface area contributed by atoms with Crippen LogP contribution in [0.3, 0.4) is 0 Å². The monoisotopic (exact) mass is 341 g/mol. The molecule has 0 aliphatic rings. The van der Waals surface area contributed by atoms with Gasteiger partial charge in [0.05, 0.1) is 16.1 Å². The predicted octanol–water partition coefficient (Wildman–Crippen LogP) is 1.64. The normalized spacial score (nSPS) is 12.0. The number of amides is 1. The molecule has 128 valence electrons. The van der Waals surface area contributed by atoms with Crippen LogP contribution in [-0.4, -0.2) is 37.7 Å². The average molecular weight is 341 g/mol. The van der Waals surface area contributed by atoms with Gasteiger partial charge in [-0.1, -0.05) is 19.1 Å². The lowest BCUT2D eigenvalue weighted by Crippen LogP contribution is -2.38. The highest BCUT2D eigenvalue weighted by molar-refractivity contribution is 7.91. The molecule has 23 heavy (non-hydrogen) atoms. The van der Waals surface area contributed by atoms with Gasteiger partial charge in [0.25, 0.3) is 0 Å². The fourth-order valence-electron chi connectivity index (χ4n) is 1.77. The standard InChI is InChI=1S/C16H23NO5S/c1-4-23(21,22)13-8-5-12(6-9-13)7-10-14(18)17-11-16(2,3)15(19)20/h5-6,8-9H,4,7,10-11H2,1-3H3,(H,17,18)(H,19,20). The Balaban J connectivity index is 2.53. The van der Waals surface area contributed by atoms with Crippen LogP contribution in [0.5, 0.6) is 0 Å². The fourth-order valence-corrected chi connectivity index (χ4v) is 2.66. The minimum Gasteiger partial charge on any atom is -0.481 e. The van der Waals surface area contributed by atoms with Crippen LogP contribution in [0.4, 0.5) is 0 Å². The molecule has 1 amide bonds. The Labute approximate surface area is 136 Å². The van der Waals surface area contributed by atoms with Crippen molar-refractivity contribution >= 4 is 21.7 Å². The SMILES string of the molecule is CCS(=O)(=O)c1ccc(CCC(=O)NCC(C)(C)C(=O)O)cc1. The molecule has 0 spiro atoms. The number of rotatable bonds is 8. The van der Waals surface area contributed by atoms with E-state index >= 15 is 0 Å². The summed E-state index contributed by atoms with van der Waals surface area (Å²) in [7, 11) is -3.21. The van der Waals surface area contributed by atoms with E-state index < -0.39 is 21.2 Å². The molecule has 2 N–H and O–H groups in total. The second kappa shape index (κ2) is 7.59. The summed E-state index contributed by atoms with van der Waals surface area (Å²) in [6.45, 7) is 4.74. The topological polar surface area (TPSA) is 101 Å². The molecule has 0 aliphatic heterocycles. The molecule has 1 aromatic carbocycles. The molecule has 0 fully saturated rings. The summed E-state index contributed by atoms with van der Waals surface area (Å²) in [5.41, 5.74) is -0.154. The van der Waals surface area contributed by atoms with Gasteiger partial charge in [0.2, 0.25) is 5.91 Å². The highest BCUT2D eigenvalue weighted by Gasteiger charge is 2.27. The van der Waals surface area contributed by atoms with Gasteiger partial charge < -0.3 is 10.4 Å². The molecule has 0 radical (unpaired) electrons. The molecule has 1 aromatic rings. The van der Waals surface area contributed by atoms with Crippen LogP contribution in [0.25, 0.3) is 0 Å². The Bertz CT molecular complexity index is 662. The lowest BCUT2D eigenvalue weighted by Gasteiger charge is -2.19. The van der Waals surface area contributed by atoms with E-state index in [2.05, 4.69) is 5.32 Å². The first-order valence-electron chi connectivity index (χ1n) is 7.40. The number of carboxylic acid groups (broad SMARTS) is 1. The summed E-state index contributed by atoms with van der Waals surface area (Å²) in [6, 6.07) is 6.47. The molecule has 0 aromatic heterocycles. The van der Waals surface area contributed by atoms with Crippen LogP contribution in [0.2, 0.25) is 0 Å². The Morgan fingerprint density at radius 2 is 1.74 bits per heavy atom. The van der Waals surface area contributed by atoms with Gasteiger partial charge in [0.15, 0.2) is 9.84 Å². The largest absolute Gasteiger partial charge is 0.481 e. The number of carboxylic acids is 1. The molecule has 0 saturated carbocycles. The molecular formula is C16H23NO5S. The number of aryl methyl sites for hydroxylation is 1. The van der Waals surface area contributed by atoms with E-state index in [1.807, 2.05) is 0 Å². The van der Waals surface area contributed by atoms with Gasteiger partial charge in [-0.3, -0.25) is 9.59 Å². The zero-order valence-corrected chi connectivity index (χ0v) is 14.4. The molecule has 0 saturated heterocycles. The van der Waals surface area contributed by atoms with E-state index in [1.165, 1.54) is 0 Å². The van der Waals surface area contributed by atoms with E-state index in [-0.39, 0.29) is 29.5 Å². The molecular weight excluding hydrogens is 318 g/mol. The van der Waals surface area contributed by atoms with Gasteiger partial charge in [-0.25, -0.2) is 8.42 Å². The molecule has 7 heteroatoms. The number of hydrogen-bond donors (Lipinski definition) is 2. The Morgan fingerprint density at radius 3 is 2.22 bits per heavy atom. The van der Waals surface area contributed by atoms with Crippen molar-refractivity contribution in [2.75, 3.05) is 12.3 Å². The Morgan fingerprint density at radius 1 is 1.17 bits per heavy atom. The van der Waals surface area contributed by atoms with Crippen molar-refractivity contribution in [3.8, 4) is 0 Å². The molecule has 1 rings (SSSR count). The number of hydrogen-bond acceptors (Lipinski definition) is 4. The van der Waals surface area contributed by atoms with Crippen LogP contribution in [0.1, 0.15) is 32.8 Å². The molecule has 0 unspecified atom stereocenters. The van der Waals surface area contributed by atoms with Gasteiger partial charge in [-0.05, 0) is 38.0 Å². The summed E-state index contributed by atoms with van der Waals surface area (Å²) >= 11 is 0. The second-order valence-corrected chi connectivity index (χ2v) is 8.29. The van der Waals surface area contributed by atoms with Crippen molar-refractivity contribution in [3.63, 3.8) is 0 Å². The highest BCUT2D eigenvalue weighted by atomic mass is 32.2. The van der Waals surface area contributed by atoms with E-state index in [0.29, 0.717) is 6.42 Å². The van der Waals surface area contributed by atoms with Crippen LogP contribution in [0.15, 0.2) is 29.2 Å². The minimum atomic E-state index is -3.21. The third-order valence-electron chi connectivity index (χ3n) is 3.61. The van der Waals surface area contributed by atoms with Crippen LogP contribution >= 0.6 is 0 Å². The molecule has 0 bridgehead atoms. The highest BCUT2D eigenvalue weighted by Crippen LogP contribution is 2.15. The molecule has 0 aliphatic carbocycles. The third kappa shape index (κ3) is 5.67. The first-order valence-corrected chi connectivity index (χ1v) is 9.05. The number of carbonyl (C=O) groups is 2. The Hall–Kier alpha value is -1.89. The Kier molecular flexibility index (Phi) is 6.32. The summed E-state index contributed by atoms with van der Waals surface area (Å²) in [5, 5.41) is 11.6. The lowest BCUT2D eigenvalue weighted by molar-refractivity contribution is -0.146. The van der Waals surface area contributed by atoms with Crippen LogP contribution < -0.4 is 5.32 Å². The van der Waals surface area contributed by atoms with Crippen molar-refractivity contribution in [2.45, 2.75) is 38.5 Å². The van der Waals surface area contributed by atoms with Gasteiger partial charge in [0, 0.05) is 13.0 Å². The quantitative estimate of drug-likeness (QED) is 0.748. The number of sulfone groups is 1. The number of aliphatic carboxylic acids is 1. The van der Waals surface area contributed by atoms with Crippen LogP contribution in [-0.2, 0) is 25.8 Å². The molecule has 0 atom stereocenters. The average Bonchev–Trinajstić information content (AvgIpc) is 2.51. The first-order chi connectivity index (χ1) is 10.6. The van der Waals surface area contributed by atoms with Gasteiger partial charge in [-0.15, -0.1) is 0 Å². The van der Waals surface area contributed by atoms with E-state index in [1.54, 1.807) is 45.0 Å². The van der Waals surface area contributed by atoms with Gasteiger partial charge >= 0.3 is 5.97 Å². The first kappa shape index (κ1) is 19.2. The van der Waals surface area contributed by atoms with Gasteiger partial charge in [0.1, 0.15) is 0 Å². The summed E-state index contributed by atoms with van der Waals surface area (Å²) in [4.78, 5) is 23.0. The maximum atomic E-state index is 11.8. The lowest BCUT2D eigenvalue weighted by atomic mass is 9.94. The van der Waals surface area contributed by atoms with Crippen molar-refractivity contribution in [1.29, 1.82) is 0 Å². The molecule has 0 heterocycles. The zero-order chi connectivity index (χ0) is 17.7. The zero-order valence-electron chi connectivity index (χ0n) is 13.6.